The second kappa shape index (κ2) is 5.88. The number of carbonyl (C=O) groups is 1. The molecule has 0 bridgehead atoms. The zero-order valence-electron chi connectivity index (χ0n) is 11.5. The summed E-state index contributed by atoms with van der Waals surface area (Å²) < 4.78 is 0. The van der Waals surface area contributed by atoms with Crippen molar-refractivity contribution in [1.29, 1.82) is 0 Å². The summed E-state index contributed by atoms with van der Waals surface area (Å²) in [7, 11) is 0. The summed E-state index contributed by atoms with van der Waals surface area (Å²) in [6, 6.07) is 6.64. The van der Waals surface area contributed by atoms with Gasteiger partial charge in [-0.05, 0) is 12.0 Å². The minimum atomic E-state index is -0.312. The zero-order valence-corrected chi connectivity index (χ0v) is 11.5. The monoisotopic (exact) mass is 274 g/mol. The lowest BCUT2D eigenvalue weighted by Gasteiger charge is -2.20. The maximum atomic E-state index is 12.3. The number of pyridine rings is 1. The van der Waals surface area contributed by atoms with Gasteiger partial charge in [-0.25, -0.2) is 0 Å². The molecule has 0 saturated heterocycles. The van der Waals surface area contributed by atoms with E-state index in [2.05, 4.69) is 10.3 Å². The molecule has 0 aliphatic carbocycles. The van der Waals surface area contributed by atoms with E-state index in [9.17, 15) is 14.7 Å². The van der Waals surface area contributed by atoms with Gasteiger partial charge in [-0.1, -0.05) is 32.0 Å². The molecule has 0 fully saturated rings. The van der Waals surface area contributed by atoms with Crippen molar-refractivity contribution in [2.75, 3.05) is 6.61 Å². The van der Waals surface area contributed by atoms with Crippen molar-refractivity contribution in [2.45, 2.75) is 19.9 Å². The molecular formula is C15H18N2O3. The number of nitrogens with one attached hydrogen (secondary N) is 2. The van der Waals surface area contributed by atoms with Crippen LogP contribution in [0.2, 0.25) is 0 Å². The van der Waals surface area contributed by atoms with Gasteiger partial charge in [0.25, 0.3) is 11.5 Å². The highest BCUT2D eigenvalue weighted by atomic mass is 16.3. The number of carbonyl (C=O) groups excluding carboxylic acids is 1. The molecule has 5 nitrogen and oxygen atoms in total. The molecule has 1 amide bonds. The van der Waals surface area contributed by atoms with Gasteiger partial charge in [0, 0.05) is 17.0 Å². The van der Waals surface area contributed by atoms with Gasteiger partial charge in [0.15, 0.2) is 0 Å². The molecule has 0 aliphatic rings. The Morgan fingerprint density at radius 1 is 1.30 bits per heavy atom. The van der Waals surface area contributed by atoms with E-state index in [1.165, 1.54) is 6.20 Å². The lowest BCUT2D eigenvalue weighted by Crippen LogP contribution is -2.41. The Morgan fingerprint density at radius 3 is 2.55 bits per heavy atom. The number of fused-ring (bicyclic) bond motifs is 1. The van der Waals surface area contributed by atoms with E-state index in [-0.39, 0.29) is 30.0 Å². The van der Waals surface area contributed by atoms with Crippen LogP contribution >= 0.6 is 0 Å². The first-order valence-corrected chi connectivity index (χ1v) is 6.56. The number of hydrogen-bond acceptors (Lipinski definition) is 3. The Morgan fingerprint density at radius 2 is 1.95 bits per heavy atom. The summed E-state index contributed by atoms with van der Waals surface area (Å²) in [6.07, 6.45) is 1.41. The second-order valence-corrected chi connectivity index (χ2v) is 5.08. The third-order valence-corrected chi connectivity index (χ3v) is 3.37. The molecule has 1 aromatic carbocycles. The number of hydrogen-bond donors (Lipinski definition) is 3. The molecule has 0 spiro atoms. The average Bonchev–Trinajstić information content (AvgIpc) is 2.45. The first-order chi connectivity index (χ1) is 9.54. The number of aromatic nitrogens is 1. The Bertz CT molecular complexity index is 676. The standard InChI is InChI=1S/C15H18N2O3/c1-9(2)13(8-18)17-15(20)12-7-16-14(19)11-6-4-3-5-10(11)12/h3-7,9,13,18H,8H2,1-2H3,(H,16,19)(H,17,20)/t13-/m1/s1. The van der Waals surface area contributed by atoms with Gasteiger partial charge in [0.1, 0.15) is 0 Å². The number of benzene rings is 1. The lowest BCUT2D eigenvalue weighted by atomic mass is 10.0. The number of H-pyrrole nitrogens is 1. The first-order valence-electron chi connectivity index (χ1n) is 6.56. The Kier molecular flexibility index (Phi) is 4.20. The molecule has 0 saturated carbocycles. The first kappa shape index (κ1) is 14.3. The molecule has 0 aliphatic heterocycles. The Labute approximate surface area is 116 Å². The van der Waals surface area contributed by atoms with E-state index >= 15 is 0 Å². The minimum Gasteiger partial charge on any atom is -0.394 e. The molecule has 1 aromatic heterocycles. The minimum absolute atomic E-state index is 0.120. The molecule has 0 unspecified atom stereocenters. The van der Waals surface area contributed by atoms with Crippen molar-refractivity contribution in [1.82, 2.24) is 10.3 Å². The summed E-state index contributed by atoms with van der Waals surface area (Å²) in [4.78, 5) is 26.6. The topological polar surface area (TPSA) is 82.2 Å². The van der Waals surface area contributed by atoms with E-state index in [1.54, 1.807) is 24.3 Å². The van der Waals surface area contributed by atoms with E-state index in [0.29, 0.717) is 16.3 Å². The van der Waals surface area contributed by atoms with E-state index < -0.39 is 0 Å². The third-order valence-electron chi connectivity index (χ3n) is 3.37. The fourth-order valence-electron chi connectivity index (χ4n) is 2.07. The van der Waals surface area contributed by atoms with Crippen molar-refractivity contribution < 1.29 is 9.90 Å². The highest BCUT2D eigenvalue weighted by Gasteiger charge is 2.18. The zero-order chi connectivity index (χ0) is 14.7. The molecule has 2 rings (SSSR count). The Balaban J connectivity index is 2.41. The van der Waals surface area contributed by atoms with Gasteiger partial charge in [-0.15, -0.1) is 0 Å². The van der Waals surface area contributed by atoms with Gasteiger partial charge < -0.3 is 15.4 Å². The van der Waals surface area contributed by atoms with Gasteiger partial charge in [0.2, 0.25) is 0 Å². The molecule has 1 heterocycles. The van der Waals surface area contributed by atoms with Gasteiger partial charge in [-0.3, -0.25) is 9.59 Å². The number of aliphatic hydroxyl groups is 1. The second-order valence-electron chi connectivity index (χ2n) is 5.08. The fourth-order valence-corrected chi connectivity index (χ4v) is 2.07. The third kappa shape index (κ3) is 2.72. The van der Waals surface area contributed by atoms with Crippen molar-refractivity contribution >= 4 is 16.7 Å². The molecule has 106 valence electrons. The van der Waals surface area contributed by atoms with Crippen LogP contribution in [-0.2, 0) is 0 Å². The maximum absolute atomic E-state index is 12.3. The number of aliphatic hydroxyl groups excluding tert-OH is 1. The molecule has 2 aromatic rings. The summed E-state index contributed by atoms with van der Waals surface area (Å²) in [5, 5.41) is 13.1. The van der Waals surface area contributed by atoms with E-state index in [0.717, 1.165) is 0 Å². The van der Waals surface area contributed by atoms with Crippen LogP contribution in [0, 0.1) is 5.92 Å². The van der Waals surface area contributed by atoms with Crippen molar-refractivity contribution in [3.05, 3.63) is 46.4 Å². The van der Waals surface area contributed by atoms with Crippen LogP contribution < -0.4 is 10.9 Å². The van der Waals surface area contributed by atoms with Crippen LogP contribution in [0.15, 0.2) is 35.3 Å². The van der Waals surface area contributed by atoms with Crippen LogP contribution in [0.5, 0.6) is 0 Å². The van der Waals surface area contributed by atoms with Crippen LogP contribution in [0.1, 0.15) is 24.2 Å². The Hall–Kier alpha value is -2.14. The largest absolute Gasteiger partial charge is 0.394 e. The van der Waals surface area contributed by atoms with Crippen molar-refractivity contribution in [3.63, 3.8) is 0 Å². The number of amides is 1. The van der Waals surface area contributed by atoms with Crippen LogP contribution in [0.25, 0.3) is 10.8 Å². The summed E-state index contributed by atoms with van der Waals surface area (Å²) in [5.41, 5.74) is 0.180. The predicted octanol–water partition coefficient (Wildman–Crippen LogP) is 1.27. The fraction of sp³-hybridized carbons (Fsp3) is 0.333. The summed E-state index contributed by atoms with van der Waals surface area (Å²) in [5.74, 6) is -0.178. The van der Waals surface area contributed by atoms with E-state index in [4.69, 9.17) is 0 Å². The van der Waals surface area contributed by atoms with Crippen LogP contribution in [0.4, 0.5) is 0 Å². The van der Waals surface area contributed by atoms with Crippen molar-refractivity contribution in [2.24, 2.45) is 5.92 Å². The average molecular weight is 274 g/mol. The molecular weight excluding hydrogens is 256 g/mol. The molecule has 1 atom stereocenters. The molecule has 0 radical (unpaired) electrons. The van der Waals surface area contributed by atoms with Gasteiger partial charge in [0.05, 0.1) is 18.2 Å². The van der Waals surface area contributed by atoms with Gasteiger partial charge in [-0.2, -0.15) is 0 Å². The normalized spacial score (nSPS) is 12.6. The van der Waals surface area contributed by atoms with Crippen molar-refractivity contribution in [3.8, 4) is 0 Å². The molecule has 20 heavy (non-hydrogen) atoms. The SMILES string of the molecule is CC(C)[C@@H](CO)NC(=O)c1c[nH]c(=O)c2ccccc12. The molecule has 3 N–H and O–H groups in total. The number of aromatic amines is 1. The van der Waals surface area contributed by atoms with Crippen LogP contribution in [0.3, 0.4) is 0 Å². The highest BCUT2D eigenvalue weighted by Crippen LogP contribution is 2.14. The molecule has 5 heteroatoms. The number of rotatable bonds is 4. The highest BCUT2D eigenvalue weighted by molar-refractivity contribution is 6.06. The summed E-state index contributed by atoms with van der Waals surface area (Å²) in [6.45, 7) is 3.73. The maximum Gasteiger partial charge on any atom is 0.255 e. The van der Waals surface area contributed by atoms with E-state index in [1.807, 2.05) is 13.8 Å². The quantitative estimate of drug-likeness (QED) is 0.785. The predicted molar refractivity (Wildman–Crippen MR) is 77.7 cm³/mol. The summed E-state index contributed by atoms with van der Waals surface area (Å²) >= 11 is 0. The lowest BCUT2D eigenvalue weighted by molar-refractivity contribution is 0.0898. The smallest absolute Gasteiger partial charge is 0.255 e. The van der Waals surface area contributed by atoms with Gasteiger partial charge >= 0.3 is 0 Å². The van der Waals surface area contributed by atoms with Crippen LogP contribution in [-0.4, -0.2) is 28.6 Å².